The summed E-state index contributed by atoms with van der Waals surface area (Å²) in [4.78, 5) is 13.4. The van der Waals surface area contributed by atoms with Crippen molar-refractivity contribution in [3.8, 4) is 0 Å². The molecule has 3 rings (SSSR count). The highest BCUT2D eigenvalue weighted by Crippen LogP contribution is 2.34. The summed E-state index contributed by atoms with van der Waals surface area (Å²) in [5.41, 5.74) is 0. The monoisotopic (exact) mass is 268 g/mol. The summed E-state index contributed by atoms with van der Waals surface area (Å²) < 4.78 is 10.9. The van der Waals surface area contributed by atoms with Gasteiger partial charge in [0.1, 0.15) is 0 Å². The lowest BCUT2D eigenvalue weighted by Gasteiger charge is -2.34. The molecular formula is C14H24N2O3. The molecule has 3 aliphatic rings. The van der Waals surface area contributed by atoms with Gasteiger partial charge in [-0.1, -0.05) is 0 Å². The van der Waals surface area contributed by atoms with Crippen LogP contribution in [0.3, 0.4) is 0 Å². The normalized spacial score (nSPS) is 34.8. The molecule has 0 saturated carbocycles. The van der Waals surface area contributed by atoms with E-state index in [2.05, 4.69) is 5.32 Å². The first kappa shape index (κ1) is 13.2. The van der Waals surface area contributed by atoms with Crippen LogP contribution < -0.4 is 5.32 Å². The van der Waals surface area contributed by atoms with Crippen LogP contribution in [0.4, 0.5) is 4.79 Å². The van der Waals surface area contributed by atoms with Crippen molar-refractivity contribution in [3.05, 3.63) is 0 Å². The molecule has 5 nitrogen and oxygen atoms in total. The van der Waals surface area contributed by atoms with Gasteiger partial charge in [-0.3, -0.25) is 0 Å². The molecule has 1 N–H and O–H groups in total. The first-order valence-corrected chi connectivity index (χ1v) is 7.59. The van der Waals surface area contributed by atoms with Crippen LogP contribution in [0.5, 0.6) is 0 Å². The van der Waals surface area contributed by atoms with E-state index >= 15 is 0 Å². The van der Waals surface area contributed by atoms with E-state index in [0.717, 1.165) is 25.9 Å². The molecule has 0 aromatic carbocycles. The number of nitrogens with one attached hydrogen (secondary N) is 1. The number of hydrogen-bond donors (Lipinski definition) is 1. The first-order valence-electron chi connectivity index (χ1n) is 7.59. The molecule has 0 aliphatic carbocycles. The minimum absolute atomic E-state index is 0.163. The van der Waals surface area contributed by atoms with Gasteiger partial charge in [-0.05, 0) is 39.0 Å². The van der Waals surface area contributed by atoms with E-state index in [1.165, 1.54) is 19.3 Å². The third kappa shape index (κ3) is 2.87. The maximum Gasteiger partial charge on any atom is 0.409 e. The second-order valence-corrected chi connectivity index (χ2v) is 5.84. The molecule has 19 heavy (non-hydrogen) atoms. The first-order chi connectivity index (χ1) is 9.26. The standard InChI is InChI=1S/C14H24N2O3/c1-2-18-14(17)16-7-5-10(6-8-16)15-12-9-11-3-4-13(12)19-11/h10-13,15H,2-9H2,1H3. The SMILES string of the molecule is CCOC(=O)N1CCC(NC2CC3CCC2O3)CC1. The fourth-order valence-corrected chi connectivity index (χ4v) is 3.56. The maximum atomic E-state index is 11.6. The van der Waals surface area contributed by atoms with Crippen molar-refractivity contribution in [1.82, 2.24) is 10.2 Å². The molecule has 3 heterocycles. The van der Waals surface area contributed by atoms with Crippen LogP contribution in [0.1, 0.15) is 39.0 Å². The summed E-state index contributed by atoms with van der Waals surface area (Å²) in [5, 5.41) is 3.74. The van der Waals surface area contributed by atoms with E-state index in [9.17, 15) is 4.79 Å². The quantitative estimate of drug-likeness (QED) is 0.843. The molecule has 0 aromatic rings. The third-order valence-corrected chi connectivity index (χ3v) is 4.58. The largest absolute Gasteiger partial charge is 0.450 e. The van der Waals surface area contributed by atoms with E-state index in [-0.39, 0.29) is 6.09 Å². The smallest absolute Gasteiger partial charge is 0.409 e. The van der Waals surface area contributed by atoms with Crippen molar-refractivity contribution in [2.45, 2.75) is 63.3 Å². The van der Waals surface area contributed by atoms with Crippen molar-refractivity contribution in [2.24, 2.45) is 0 Å². The van der Waals surface area contributed by atoms with Crippen molar-refractivity contribution >= 4 is 6.09 Å². The van der Waals surface area contributed by atoms with Gasteiger partial charge in [-0.15, -0.1) is 0 Å². The van der Waals surface area contributed by atoms with Crippen LogP contribution >= 0.6 is 0 Å². The number of fused-ring (bicyclic) bond motifs is 2. The van der Waals surface area contributed by atoms with Gasteiger partial charge >= 0.3 is 6.09 Å². The summed E-state index contributed by atoms with van der Waals surface area (Å²) in [6.07, 6.45) is 6.44. The van der Waals surface area contributed by atoms with E-state index in [1.54, 1.807) is 0 Å². The van der Waals surface area contributed by atoms with Gasteiger partial charge in [0, 0.05) is 25.2 Å². The molecule has 3 fully saturated rings. The van der Waals surface area contributed by atoms with Crippen LogP contribution in [-0.2, 0) is 9.47 Å². The predicted octanol–water partition coefficient (Wildman–Crippen LogP) is 1.52. The Hall–Kier alpha value is -0.810. The van der Waals surface area contributed by atoms with Crippen LogP contribution in [0.25, 0.3) is 0 Å². The molecule has 0 aromatic heterocycles. The lowest BCUT2D eigenvalue weighted by molar-refractivity contribution is 0.0855. The van der Waals surface area contributed by atoms with Crippen LogP contribution in [0.2, 0.25) is 0 Å². The van der Waals surface area contributed by atoms with Crippen LogP contribution in [-0.4, -0.2) is 55.0 Å². The van der Waals surface area contributed by atoms with E-state index in [1.807, 2.05) is 11.8 Å². The van der Waals surface area contributed by atoms with Gasteiger partial charge in [-0.2, -0.15) is 0 Å². The molecule has 3 atom stereocenters. The highest BCUT2D eigenvalue weighted by Gasteiger charge is 2.41. The lowest BCUT2D eigenvalue weighted by atomic mass is 9.93. The minimum atomic E-state index is -0.163. The van der Waals surface area contributed by atoms with Gasteiger partial charge in [0.2, 0.25) is 0 Å². The molecule has 2 bridgehead atoms. The van der Waals surface area contributed by atoms with Gasteiger partial charge in [0.15, 0.2) is 0 Å². The molecule has 108 valence electrons. The number of nitrogens with zero attached hydrogens (tertiary/aromatic N) is 1. The lowest BCUT2D eigenvalue weighted by Crippen LogP contribution is -2.50. The van der Waals surface area contributed by atoms with Crippen molar-refractivity contribution in [3.63, 3.8) is 0 Å². The molecular weight excluding hydrogens is 244 g/mol. The zero-order chi connectivity index (χ0) is 13.2. The molecule has 3 unspecified atom stereocenters. The van der Waals surface area contributed by atoms with Gasteiger partial charge in [-0.25, -0.2) is 4.79 Å². The number of carbonyl (C=O) groups is 1. The number of hydrogen-bond acceptors (Lipinski definition) is 4. The molecule has 1 amide bonds. The van der Waals surface area contributed by atoms with Crippen molar-refractivity contribution < 1.29 is 14.3 Å². The summed E-state index contributed by atoms with van der Waals surface area (Å²) >= 11 is 0. The van der Waals surface area contributed by atoms with Crippen LogP contribution in [0.15, 0.2) is 0 Å². The van der Waals surface area contributed by atoms with Gasteiger partial charge in [0.25, 0.3) is 0 Å². The number of carbonyl (C=O) groups excluding carboxylic acids is 1. The second kappa shape index (κ2) is 5.67. The molecule has 5 heteroatoms. The Bertz CT molecular complexity index is 329. The van der Waals surface area contributed by atoms with Gasteiger partial charge < -0.3 is 19.7 Å². The number of rotatable bonds is 3. The Morgan fingerprint density at radius 2 is 2.11 bits per heavy atom. The summed E-state index contributed by atoms with van der Waals surface area (Å²) in [5.74, 6) is 0. The molecule has 0 radical (unpaired) electrons. The van der Waals surface area contributed by atoms with E-state index < -0.39 is 0 Å². The minimum Gasteiger partial charge on any atom is -0.450 e. The zero-order valence-electron chi connectivity index (χ0n) is 11.6. The molecule has 0 spiro atoms. The number of ether oxygens (including phenoxy) is 2. The topological polar surface area (TPSA) is 50.8 Å². The zero-order valence-corrected chi connectivity index (χ0v) is 11.6. The second-order valence-electron chi connectivity index (χ2n) is 5.84. The van der Waals surface area contributed by atoms with Crippen LogP contribution in [0, 0.1) is 0 Å². The fourth-order valence-electron chi connectivity index (χ4n) is 3.56. The summed E-state index contributed by atoms with van der Waals surface area (Å²) in [7, 11) is 0. The molecule has 3 aliphatic heterocycles. The Balaban J connectivity index is 1.42. The predicted molar refractivity (Wildman–Crippen MR) is 71.1 cm³/mol. The Morgan fingerprint density at radius 1 is 1.32 bits per heavy atom. The van der Waals surface area contributed by atoms with Crippen molar-refractivity contribution in [2.75, 3.05) is 19.7 Å². The van der Waals surface area contributed by atoms with E-state index in [0.29, 0.717) is 30.9 Å². The fraction of sp³-hybridized carbons (Fsp3) is 0.929. The Morgan fingerprint density at radius 3 is 2.68 bits per heavy atom. The Labute approximate surface area is 114 Å². The van der Waals surface area contributed by atoms with Gasteiger partial charge in [0.05, 0.1) is 18.8 Å². The third-order valence-electron chi connectivity index (χ3n) is 4.58. The number of amides is 1. The van der Waals surface area contributed by atoms with E-state index in [4.69, 9.17) is 9.47 Å². The highest BCUT2D eigenvalue weighted by atomic mass is 16.6. The average Bonchev–Trinajstić information content (AvgIpc) is 3.02. The summed E-state index contributed by atoms with van der Waals surface area (Å²) in [6, 6.07) is 1.07. The highest BCUT2D eigenvalue weighted by molar-refractivity contribution is 5.67. The summed E-state index contributed by atoms with van der Waals surface area (Å²) in [6.45, 7) is 3.91. The number of likely N-dealkylation sites (tertiary alicyclic amines) is 1. The van der Waals surface area contributed by atoms with Crippen molar-refractivity contribution in [1.29, 1.82) is 0 Å². The number of piperidine rings is 1. The maximum absolute atomic E-state index is 11.6. The molecule has 3 saturated heterocycles. The average molecular weight is 268 g/mol. The Kier molecular flexibility index (Phi) is 3.93.